The first-order valence-corrected chi connectivity index (χ1v) is 10.5. The average molecular weight is 471 g/mol. The maximum absolute atomic E-state index is 12.6. The molecule has 10 heteroatoms. The Hall–Kier alpha value is -3.85. The zero-order chi connectivity index (χ0) is 24.0. The summed E-state index contributed by atoms with van der Waals surface area (Å²) in [5.41, 5.74) is 4.92. The van der Waals surface area contributed by atoms with Crippen LogP contribution in [0.2, 0.25) is 5.02 Å². The highest BCUT2D eigenvalue weighted by molar-refractivity contribution is 6.30. The minimum Gasteiger partial charge on any atom is -0.493 e. The molecule has 0 unspecified atom stereocenters. The van der Waals surface area contributed by atoms with E-state index >= 15 is 0 Å². The van der Waals surface area contributed by atoms with Crippen molar-refractivity contribution in [1.29, 1.82) is 0 Å². The second kappa shape index (κ2) is 10.6. The number of aromatic nitrogens is 2. The summed E-state index contributed by atoms with van der Waals surface area (Å²) in [6.45, 7) is 4.17. The molecule has 3 rings (SSSR count). The lowest BCUT2D eigenvalue weighted by Crippen LogP contribution is -2.44. The highest BCUT2D eigenvalue weighted by Crippen LogP contribution is 2.28. The molecule has 0 atom stereocenters. The lowest BCUT2D eigenvalue weighted by atomic mass is 10.2. The fourth-order valence-electron chi connectivity index (χ4n) is 2.93. The summed E-state index contributed by atoms with van der Waals surface area (Å²) in [7, 11) is 1.46. The number of aryl methyl sites for hydroxylation is 1. The van der Waals surface area contributed by atoms with Crippen molar-refractivity contribution in [3.8, 4) is 17.2 Å². The van der Waals surface area contributed by atoms with Crippen molar-refractivity contribution in [2.24, 2.45) is 0 Å². The van der Waals surface area contributed by atoms with E-state index in [1.54, 1.807) is 37.3 Å². The number of amides is 2. The van der Waals surface area contributed by atoms with Crippen molar-refractivity contribution in [1.82, 2.24) is 20.6 Å². The van der Waals surface area contributed by atoms with Crippen molar-refractivity contribution in [3.63, 3.8) is 0 Å². The Kier molecular flexibility index (Phi) is 7.68. The number of hydrogen-bond donors (Lipinski definition) is 2. The van der Waals surface area contributed by atoms with Gasteiger partial charge in [0.25, 0.3) is 11.8 Å². The minimum absolute atomic E-state index is 0.228. The van der Waals surface area contributed by atoms with Gasteiger partial charge >= 0.3 is 0 Å². The van der Waals surface area contributed by atoms with Crippen LogP contribution in [0.1, 0.15) is 39.9 Å². The topological polar surface area (TPSA) is 112 Å². The molecule has 0 bridgehead atoms. The molecule has 9 nitrogen and oxygen atoms in total. The van der Waals surface area contributed by atoms with Gasteiger partial charge in [-0.25, -0.2) is 4.68 Å². The normalized spacial score (nSPS) is 10.4. The van der Waals surface area contributed by atoms with Crippen molar-refractivity contribution in [2.75, 3.05) is 13.7 Å². The van der Waals surface area contributed by atoms with Crippen LogP contribution in [-0.4, -0.2) is 35.3 Å². The third kappa shape index (κ3) is 5.69. The van der Waals surface area contributed by atoms with E-state index in [0.717, 1.165) is 6.42 Å². The van der Waals surface area contributed by atoms with Gasteiger partial charge in [-0.05, 0) is 55.8 Å². The third-order valence-corrected chi connectivity index (χ3v) is 4.82. The molecule has 33 heavy (non-hydrogen) atoms. The molecule has 0 spiro atoms. The van der Waals surface area contributed by atoms with Crippen LogP contribution in [0.25, 0.3) is 5.69 Å². The number of halogens is 1. The molecule has 2 aromatic carbocycles. The number of nitrogens with one attached hydrogen (secondary N) is 2. The predicted molar refractivity (Wildman–Crippen MR) is 123 cm³/mol. The van der Waals surface area contributed by atoms with E-state index in [0.29, 0.717) is 34.5 Å². The van der Waals surface area contributed by atoms with Crippen LogP contribution in [0.4, 0.5) is 0 Å². The molecule has 0 aliphatic carbocycles. The van der Waals surface area contributed by atoms with Gasteiger partial charge in [0.15, 0.2) is 17.2 Å². The molecule has 3 aromatic rings. The van der Waals surface area contributed by atoms with Gasteiger partial charge in [0, 0.05) is 22.3 Å². The lowest BCUT2D eigenvalue weighted by Gasteiger charge is -2.13. The fraction of sp³-hybridized carbons (Fsp3) is 0.217. The van der Waals surface area contributed by atoms with E-state index in [2.05, 4.69) is 16.0 Å². The second-order valence-electron chi connectivity index (χ2n) is 7.01. The molecule has 0 aliphatic rings. The van der Waals surface area contributed by atoms with E-state index in [1.807, 2.05) is 6.92 Å². The number of methoxy groups -OCH3 is 1. The van der Waals surface area contributed by atoms with E-state index in [4.69, 9.17) is 21.1 Å². The summed E-state index contributed by atoms with van der Waals surface area (Å²) in [5.74, 6) is -0.570. The second-order valence-corrected chi connectivity index (χ2v) is 7.45. The summed E-state index contributed by atoms with van der Waals surface area (Å²) in [5, 5.41) is 4.69. The van der Waals surface area contributed by atoms with E-state index in [9.17, 15) is 14.4 Å². The van der Waals surface area contributed by atoms with Crippen LogP contribution < -0.4 is 25.8 Å². The molecule has 2 amide bonds. The number of hydrogen-bond acceptors (Lipinski definition) is 6. The Bertz CT molecular complexity index is 1220. The summed E-state index contributed by atoms with van der Waals surface area (Å²) in [4.78, 5) is 37.4. The van der Waals surface area contributed by atoms with Crippen LogP contribution in [-0.2, 0) is 0 Å². The van der Waals surface area contributed by atoms with Crippen molar-refractivity contribution in [3.05, 3.63) is 80.7 Å². The Morgan fingerprint density at radius 1 is 1.03 bits per heavy atom. The number of ether oxygens (including phenoxy) is 2. The summed E-state index contributed by atoms with van der Waals surface area (Å²) < 4.78 is 12.3. The molecular weight excluding hydrogens is 448 g/mol. The number of hydrazine groups is 1. The quantitative estimate of drug-likeness (QED) is 0.513. The smallest absolute Gasteiger partial charge is 0.294 e. The SMILES string of the molecule is CCCOc1ccc(C(=O)NNC(=O)c2nn(-c3ccc(Cl)cc3)c(C)cc2=O)cc1OC. The summed E-state index contributed by atoms with van der Waals surface area (Å²) in [6, 6.07) is 12.7. The number of nitrogens with zero attached hydrogens (tertiary/aromatic N) is 2. The first-order valence-electron chi connectivity index (χ1n) is 10.1. The van der Waals surface area contributed by atoms with Gasteiger partial charge in [-0.3, -0.25) is 25.2 Å². The van der Waals surface area contributed by atoms with Gasteiger partial charge in [0.2, 0.25) is 5.43 Å². The summed E-state index contributed by atoms with van der Waals surface area (Å²) in [6.07, 6.45) is 0.824. The zero-order valence-electron chi connectivity index (χ0n) is 18.3. The van der Waals surface area contributed by atoms with Crippen molar-refractivity contribution >= 4 is 23.4 Å². The Morgan fingerprint density at radius 3 is 2.39 bits per heavy atom. The van der Waals surface area contributed by atoms with Crippen LogP contribution in [0.15, 0.2) is 53.3 Å². The number of carbonyl (C=O) groups is 2. The maximum atomic E-state index is 12.6. The van der Waals surface area contributed by atoms with E-state index in [-0.39, 0.29) is 11.3 Å². The van der Waals surface area contributed by atoms with Gasteiger partial charge in [0.05, 0.1) is 19.4 Å². The van der Waals surface area contributed by atoms with E-state index in [1.165, 1.54) is 30.0 Å². The molecule has 0 fully saturated rings. The van der Waals surface area contributed by atoms with Crippen LogP contribution in [0.3, 0.4) is 0 Å². The molecule has 0 radical (unpaired) electrons. The monoisotopic (exact) mass is 470 g/mol. The first kappa shape index (κ1) is 23.8. The van der Waals surface area contributed by atoms with Gasteiger partial charge in [-0.2, -0.15) is 5.10 Å². The van der Waals surface area contributed by atoms with Crippen molar-refractivity contribution < 1.29 is 19.1 Å². The van der Waals surface area contributed by atoms with Crippen LogP contribution in [0, 0.1) is 6.92 Å². The first-order chi connectivity index (χ1) is 15.8. The molecule has 0 aliphatic heterocycles. The number of benzene rings is 2. The minimum atomic E-state index is -0.856. The Balaban J connectivity index is 1.75. The third-order valence-electron chi connectivity index (χ3n) is 4.57. The number of carbonyl (C=O) groups excluding carboxylic acids is 2. The highest BCUT2D eigenvalue weighted by Gasteiger charge is 2.17. The molecule has 172 valence electrons. The summed E-state index contributed by atoms with van der Waals surface area (Å²) >= 11 is 5.92. The maximum Gasteiger partial charge on any atom is 0.294 e. The fourth-order valence-corrected chi connectivity index (χ4v) is 3.06. The van der Waals surface area contributed by atoms with Gasteiger partial charge in [-0.1, -0.05) is 18.5 Å². The van der Waals surface area contributed by atoms with Gasteiger partial charge < -0.3 is 9.47 Å². The Labute approximate surface area is 195 Å². The molecule has 1 aromatic heterocycles. The molecule has 0 saturated heterocycles. The largest absolute Gasteiger partial charge is 0.493 e. The molecule has 0 saturated carbocycles. The standard InChI is InChI=1S/C23H23ClN4O5/c1-4-11-33-19-10-5-15(13-20(19)32-3)22(30)25-26-23(31)21-18(29)12-14(2)28(27-21)17-8-6-16(24)7-9-17/h5-10,12-13H,4,11H2,1-3H3,(H,25,30)(H,26,31). The van der Waals surface area contributed by atoms with Crippen LogP contribution >= 0.6 is 11.6 Å². The Morgan fingerprint density at radius 2 is 1.73 bits per heavy atom. The number of rotatable bonds is 7. The van der Waals surface area contributed by atoms with Gasteiger partial charge in [-0.15, -0.1) is 0 Å². The zero-order valence-corrected chi connectivity index (χ0v) is 19.1. The van der Waals surface area contributed by atoms with Crippen LogP contribution in [0.5, 0.6) is 11.5 Å². The molecule has 2 N–H and O–H groups in total. The van der Waals surface area contributed by atoms with E-state index < -0.39 is 17.2 Å². The van der Waals surface area contributed by atoms with Crippen molar-refractivity contribution in [2.45, 2.75) is 20.3 Å². The molecular formula is C23H23ClN4O5. The predicted octanol–water partition coefficient (Wildman–Crippen LogP) is 3.07. The lowest BCUT2D eigenvalue weighted by molar-refractivity contribution is 0.0842. The van der Waals surface area contributed by atoms with Gasteiger partial charge in [0.1, 0.15) is 0 Å². The molecule has 1 heterocycles. The average Bonchev–Trinajstić information content (AvgIpc) is 2.81. The highest BCUT2D eigenvalue weighted by atomic mass is 35.5.